The third-order valence-corrected chi connectivity index (χ3v) is 7.31. The SMILES string of the molecule is Cc1nc(NC(=O)c2c(C)nn(-c3ccccc3)c2Cl)sc1C(=O)NC1CCc2ccccc21. The van der Waals surface area contributed by atoms with Gasteiger partial charge in [-0.25, -0.2) is 9.67 Å². The van der Waals surface area contributed by atoms with E-state index in [-0.39, 0.29) is 22.7 Å². The second-order valence-corrected chi connectivity index (χ2v) is 9.51. The molecule has 0 fully saturated rings. The molecule has 7 nitrogen and oxygen atoms in total. The number of aromatic nitrogens is 3. The van der Waals surface area contributed by atoms with Crippen molar-refractivity contribution in [1.29, 1.82) is 0 Å². The van der Waals surface area contributed by atoms with Gasteiger partial charge in [0.2, 0.25) is 0 Å². The van der Waals surface area contributed by atoms with Crippen LogP contribution in [-0.2, 0) is 6.42 Å². The molecule has 2 aromatic carbocycles. The molecule has 5 rings (SSSR count). The van der Waals surface area contributed by atoms with Gasteiger partial charge in [0.1, 0.15) is 15.6 Å². The first-order valence-corrected chi connectivity index (χ1v) is 12.1. The predicted molar refractivity (Wildman–Crippen MR) is 133 cm³/mol. The molecular weight excluding hydrogens is 470 g/mol. The zero-order valence-corrected chi connectivity index (χ0v) is 20.2. The first-order chi connectivity index (χ1) is 16.4. The molecule has 2 heterocycles. The molecule has 2 amide bonds. The Hall–Kier alpha value is -3.49. The van der Waals surface area contributed by atoms with E-state index >= 15 is 0 Å². The number of carbonyl (C=O) groups is 2. The van der Waals surface area contributed by atoms with Gasteiger partial charge in [-0.05, 0) is 49.9 Å². The summed E-state index contributed by atoms with van der Waals surface area (Å²) in [5.41, 5.74) is 4.51. The average molecular weight is 492 g/mol. The second kappa shape index (κ2) is 9.04. The minimum absolute atomic E-state index is 0.0199. The second-order valence-electron chi connectivity index (χ2n) is 8.15. The van der Waals surface area contributed by atoms with Crippen LogP contribution in [0.1, 0.15) is 55.0 Å². The lowest BCUT2D eigenvalue weighted by atomic mass is 10.1. The Morgan fingerprint density at radius 3 is 2.56 bits per heavy atom. The summed E-state index contributed by atoms with van der Waals surface area (Å²) in [6.07, 6.45) is 1.82. The van der Waals surface area contributed by atoms with E-state index in [0.717, 1.165) is 35.4 Å². The molecule has 0 saturated heterocycles. The number of amides is 2. The molecule has 1 unspecified atom stereocenters. The van der Waals surface area contributed by atoms with E-state index < -0.39 is 5.91 Å². The third kappa shape index (κ3) is 4.10. The number of para-hydroxylation sites is 1. The summed E-state index contributed by atoms with van der Waals surface area (Å²) in [4.78, 5) is 30.9. The van der Waals surface area contributed by atoms with Crippen LogP contribution in [0.4, 0.5) is 5.13 Å². The van der Waals surface area contributed by atoms with Crippen molar-refractivity contribution in [2.24, 2.45) is 0 Å². The Bertz CT molecular complexity index is 1400. The number of hydrogen-bond acceptors (Lipinski definition) is 5. The summed E-state index contributed by atoms with van der Waals surface area (Å²) in [6.45, 7) is 3.49. The highest BCUT2D eigenvalue weighted by Crippen LogP contribution is 2.32. The number of rotatable bonds is 5. The number of aryl methyl sites for hydroxylation is 3. The van der Waals surface area contributed by atoms with Crippen molar-refractivity contribution in [3.63, 3.8) is 0 Å². The van der Waals surface area contributed by atoms with Crippen LogP contribution in [0.3, 0.4) is 0 Å². The lowest BCUT2D eigenvalue weighted by Crippen LogP contribution is -2.26. The van der Waals surface area contributed by atoms with E-state index in [2.05, 4.69) is 32.8 Å². The van der Waals surface area contributed by atoms with Crippen LogP contribution in [0.25, 0.3) is 5.69 Å². The molecule has 0 bridgehead atoms. The lowest BCUT2D eigenvalue weighted by molar-refractivity contribution is 0.0939. The number of thiazole rings is 1. The maximum atomic E-state index is 13.0. The predicted octanol–water partition coefficient (Wildman–Crippen LogP) is 5.27. The highest BCUT2D eigenvalue weighted by Gasteiger charge is 2.27. The van der Waals surface area contributed by atoms with Crippen LogP contribution in [0.15, 0.2) is 54.6 Å². The highest BCUT2D eigenvalue weighted by atomic mass is 35.5. The molecule has 1 aliphatic carbocycles. The molecule has 2 N–H and O–H groups in total. The highest BCUT2D eigenvalue weighted by molar-refractivity contribution is 7.17. The Morgan fingerprint density at radius 2 is 1.76 bits per heavy atom. The third-order valence-electron chi connectivity index (χ3n) is 5.89. The molecule has 9 heteroatoms. The summed E-state index contributed by atoms with van der Waals surface area (Å²) in [5, 5.41) is 10.9. The number of carbonyl (C=O) groups excluding carboxylic acids is 2. The van der Waals surface area contributed by atoms with Gasteiger partial charge in [0, 0.05) is 0 Å². The van der Waals surface area contributed by atoms with Crippen molar-refractivity contribution < 1.29 is 9.59 Å². The average Bonchev–Trinajstić information content (AvgIpc) is 3.49. The van der Waals surface area contributed by atoms with Crippen LogP contribution in [0, 0.1) is 13.8 Å². The molecule has 1 aliphatic rings. The monoisotopic (exact) mass is 491 g/mol. The van der Waals surface area contributed by atoms with Crippen molar-refractivity contribution in [2.45, 2.75) is 32.7 Å². The normalized spacial score (nSPS) is 14.6. The first kappa shape index (κ1) is 22.3. The standard InChI is InChI=1S/C25H22ClN5O2S/c1-14-20(22(26)31(30-14)17-9-4-3-5-10-17)23(32)29-25-27-15(2)21(34-25)24(33)28-19-13-12-16-8-6-7-11-18(16)19/h3-11,19H,12-13H2,1-2H3,(H,28,33)(H,27,29,32). The van der Waals surface area contributed by atoms with Gasteiger partial charge in [0.25, 0.3) is 11.8 Å². The summed E-state index contributed by atoms with van der Waals surface area (Å²) >= 11 is 7.65. The summed E-state index contributed by atoms with van der Waals surface area (Å²) < 4.78 is 1.53. The number of nitrogens with one attached hydrogen (secondary N) is 2. The molecule has 4 aromatic rings. The van der Waals surface area contributed by atoms with Gasteiger partial charge in [-0.15, -0.1) is 0 Å². The van der Waals surface area contributed by atoms with Crippen molar-refractivity contribution in [2.75, 3.05) is 5.32 Å². The van der Waals surface area contributed by atoms with Gasteiger partial charge in [-0.2, -0.15) is 5.10 Å². The molecule has 0 aliphatic heterocycles. The Labute approximate surface area is 205 Å². The smallest absolute Gasteiger partial charge is 0.263 e. The minimum atomic E-state index is -0.421. The molecule has 0 spiro atoms. The molecule has 2 aromatic heterocycles. The Balaban J connectivity index is 1.33. The van der Waals surface area contributed by atoms with Gasteiger partial charge in [-0.3, -0.25) is 14.9 Å². The summed E-state index contributed by atoms with van der Waals surface area (Å²) in [6, 6.07) is 17.5. The van der Waals surface area contributed by atoms with Gasteiger partial charge >= 0.3 is 0 Å². The maximum Gasteiger partial charge on any atom is 0.263 e. The number of halogens is 1. The van der Waals surface area contributed by atoms with Crippen LogP contribution < -0.4 is 10.6 Å². The fraction of sp³-hybridized carbons (Fsp3) is 0.200. The molecule has 172 valence electrons. The van der Waals surface area contributed by atoms with E-state index in [1.807, 2.05) is 42.5 Å². The van der Waals surface area contributed by atoms with Crippen LogP contribution >= 0.6 is 22.9 Å². The van der Waals surface area contributed by atoms with E-state index in [9.17, 15) is 9.59 Å². The van der Waals surface area contributed by atoms with Gasteiger partial charge in [-0.1, -0.05) is 65.4 Å². The lowest BCUT2D eigenvalue weighted by Gasteiger charge is -2.13. The Morgan fingerprint density at radius 1 is 1.03 bits per heavy atom. The first-order valence-electron chi connectivity index (χ1n) is 10.9. The number of fused-ring (bicyclic) bond motifs is 1. The largest absolute Gasteiger partial charge is 0.344 e. The number of anilines is 1. The number of hydrogen-bond donors (Lipinski definition) is 2. The van der Waals surface area contributed by atoms with Crippen LogP contribution in [0.2, 0.25) is 5.15 Å². The minimum Gasteiger partial charge on any atom is -0.344 e. The van der Waals surface area contributed by atoms with Crippen molar-refractivity contribution in [3.8, 4) is 5.69 Å². The quantitative estimate of drug-likeness (QED) is 0.398. The fourth-order valence-electron chi connectivity index (χ4n) is 4.25. The van der Waals surface area contributed by atoms with Crippen molar-refractivity contribution in [1.82, 2.24) is 20.1 Å². The topological polar surface area (TPSA) is 88.9 Å². The Kier molecular flexibility index (Phi) is 5.93. The summed E-state index contributed by atoms with van der Waals surface area (Å²) in [5.74, 6) is -0.613. The molecule has 34 heavy (non-hydrogen) atoms. The van der Waals surface area contributed by atoms with Crippen molar-refractivity contribution >= 4 is 39.9 Å². The fourth-order valence-corrected chi connectivity index (χ4v) is 5.47. The van der Waals surface area contributed by atoms with Crippen LogP contribution in [0.5, 0.6) is 0 Å². The summed E-state index contributed by atoms with van der Waals surface area (Å²) in [7, 11) is 0. The van der Waals surface area contributed by atoms with E-state index in [0.29, 0.717) is 21.4 Å². The molecule has 0 radical (unpaired) electrons. The van der Waals surface area contributed by atoms with Crippen LogP contribution in [-0.4, -0.2) is 26.6 Å². The van der Waals surface area contributed by atoms with E-state index in [1.165, 1.54) is 10.2 Å². The van der Waals surface area contributed by atoms with E-state index in [4.69, 9.17) is 11.6 Å². The molecular formula is C25H22ClN5O2S. The molecule has 0 saturated carbocycles. The van der Waals surface area contributed by atoms with Crippen molar-refractivity contribution in [3.05, 3.63) is 92.7 Å². The zero-order valence-electron chi connectivity index (χ0n) is 18.6. The zero-order chi connectivity index (χ0) is 23.8. The van der Waals surface area contributed by atoms with E-state index in [1.54, 1.807) is 13.8 Å². The number of benzene rings is 2. The van der Waals surface area contributed by atoms with Gasteiger partial charge < -0.3 is 5.32 Å². The molecule has 1 atom stereocenters. The number of nitrogens with zero attached hydrogens (tertiary/aromatic N) is 3. The van der Waals surface area contributed by atoms with Gasteiger partial charge in [0.15, 0.2) is 5.13 Å². The maximum absolute atomic E-state index is 13.0. The van der Waals surface area contributed by atoms with Gasteiger partial charge in [0.05, 0.1) is 23.1 Å².